The second-order valence-electron chi connectivity index (χ2n) is 5.96. The monoisotopic (exact) mass is 464 g/mol. The van der Waals surface area contributed by atoms with Crippen LogP contribution in [-0.4, -0.2) is 30.5 Å². The number of hydrogen-bond acceptors (Lipinski definition) is 3. The first-order valence-corrected chi connectivity index (χ1v) is 11.3. The lowest BCUT2D eigenvalue weighted by Gasteiger charge is -2.08. The van der Waals surface area contributed by atoms with Gasteiger partial charge in [-0.15, -0.1) is 6.42 Å². The highest BCUT2D eigenvalue weighted by Gasteiger charge is 2.36. The van der Waals surface area contributed by atoms with Crippen LogP contribution in [0.15, 0.2) is 59.5 Å². The molecule has 3 nitrogen and oxygen atoms in total. The molecule has 30 heavy (non-hydrogen) atoms. The third-order valence-corrected chi connectivity index (χ3v) is 6.06. The maximum atomic E-state index is 13.4. The zero-order chi connectivity index (χ0) is 23.1. The summed E-state index contributed by atoms with van der Waals surface area (Å²) in [4.78, 5) is 1.09. The predicted octanol–water partition coefficient (Wildman–Crippen LogP) is 4.94. The second kappa shape index (κ2) is 10.6. The lowest BCUT2D eigenvalue weighted by Crippen LogP contribution is -2.21. The van der Waals surface area contributed by atoms with Crippen LogP contribution in [0.3, 0.4) is 0 Å². The van der Waals surface area contributed by atoms with Crippen LogP contribution < -0.4 is 0 Å². The maximum absolute atomic E-state index is 13.4. The van der Waals surface area contributed by atoms with Crippen LogP contribution in [0.5, 0.6) is 0 Å². The molecule has 0 aliphatic heterocycles. The van der Waals surface area contributed by atoms with Crippen LogP contribution in [0.25, 0.3) is 5.57 Å². The summed E-state index contributed by atoms with van der Waals surface area (Å²) < 4.78 is 85.6. The molecular weight excluding hydrogens is 447 g/mol. The van der Waals surface area contributed by atoms with E-state index >= 15 is 0 Å². The van der Waals surface area contributed by atoms with Gasteiger partial charge in [0.1, 0.15) is 12.0 Å². The summed E-state index contributed by atoms with van der Waals surface area (Å²) in [7, 11) is -6.37. The summed E-state index contributed by atoms with van der Waals surface area (Å²) in [5.74, 6) is 2.81. The van der Waals surface area contributed by atoms with Crippen molar-refractivity contribution < 1.29 is 34.9 Å². The van der Waals surface area contributed by atoms with Crippen molar-refractivity contribution in [1.29, 1.82) is 0 Å². The van der Waals surface area contributed by atoms with Gasteiger partial charge in [-0.2, -0.15) is 22.0 Å². The molecule has 1 unspecified atom stereocenters. The molecule has 0 N–H and O–H groups in total. The highest BCUT2D eigenvalue weighted by molar-refractivity contribution is 7.96. The minimum atomic E-state index is -6.09. The lowest BCUT2D eigenvalue weighted by molar-refractivity contribution is -0.0517. The van der Waals surface area contributed by atoms with Crippen molar-refractivity contribution in [3.8, 4) is 12.3 Å². The van der Waals surface area contributed by atoms with Gasteiger partial charge in [0.15, 0.2) is 15.0 Å². The Morgan fingerprint density at radius 2 is 1.53 bits per heavy atom. The molecule has 2 rings (SSSR count). The number of aryl methyl sites for hydroxylation is 1. The van der Waals surface area contributed by atoms with Gasteiger partial charge in [0.05, 0.1) is 5.57 Å². The van der Waals surface area contributed by atoms with Crippen LogP contribution in [-0.2, 0) is 21.0 Å². The molecule has 0 aliphatic carbocycles. The quantitative estimate of drug-likeness (QED) is 0.212. The van der Waals surface area contributed by atoms with E-state index in [-0.39, 0.29) is 16.5 Å². The zero-order valence-electron chi connectivity index (χ0n) is 15.8. The van der Waals surface area contributed by atoms with E-state index in [9.17, 15) is 22.0 Å². The fourth-order valence-electron chi connectivity index (χ4n) is 2.09. The van der Waals surface area contributed by atoms with Gasteiger partial charge in [0, 0.05) is 16.5 Å². The Labute approximate surface area is 174 Å². The van der Waals surface area contributed by atoms with Gasteiger partial charge in [-0.05, 0) is 36.8 Å². The molecule has 2 aromatic carbocycles. The molecule has 162 valence electrons. The van der Waals surface area contributed by atoms with Gasteiger partial charge >= 0.3 is 5.51 Å². The number of halogens is 5. The summed E-state index contributed by atoms with van der Waals surface area (Å²) in [6.45, 7) is 2.01. The Bertz CT molecular complexity index is 1020. The van der Waals surface area contributed by atoms with Crippen molar-refractivity contribution in [1.82, 2.24) is 0 Å². The lowest BCUT2D eigenvalue weighted by atomic mass is 10.1. The van der Waals surface area contributed by atoms with Crippen LogP contribution in [0.2, 0.25) is 0 Å². The molecule has 0 aromatic heterocycles. The number of alkyl halides is 3. The molecule has 0 amide bonds. The first-order valence-electron chi connectivity index (χ1n) is 8.09. The van der Waals surface area contributed by atoms with Gasteiger partial charge in [-0.25, -0.2) is 8.42 Å². The third kappa shape index (κ3) is 7.82. The third-order valence-electron chi connectivity index (χ3n) is 3.70. The van der Waals surface area contributed by atoms with E-state index in [4.69, 9.17) is 19.4 Å². The highest BCUT2D eigenvalue weighted by Crippen LogP contribution is 2.26. The molecule has 0 spiro atoms. The van der Waals surface area contributed by atoms with Crippen LogP contribution in [0.1, 0.15) is 16.7 Å². The number of benzene rings is 2. The van der Waals surface area contributed by atoms with Gasteiger partial charge in [-0.3, -0.25) is 0 Å². The Morgan fingerprint density at radius 3 is 1.90 bits per heavy atom. The summed E-state index contributed by atoms with van der Waals surface area (Å²) in [5, 5.41) is 0. The minimum Gasteiger partial charge on any atom is -0.741 e. The fraction of sp³-hybridized carbons (Fsp3) is 0.200. The van der Waals surface area contributed by atoms with E-state index < -0.39 is 21.7 Å². The largest absolute Gasteiger partial charge is 0.741 e. The van der Waals surface area contributed by atoms with E-state index in [1.165, 1.54) is 0 Å². The molecule has 0 fully saturated rings. The Balaban J connectivity index is 0.000000479. The van der Waals surface area contributed by atoms with Crippen molar-refractivity contribution in [3.05, 3.63) is 71.3 Å². The average Bonchev–Trinajstić information content (AvgIpc) is 2.65. The van der Waals surface area contributed by atoms with Crippen molar-refractivity contribution in [2.75, 3.05) is 12.0 Å². The predicted molar refractivity (Wildman–Crippen MR) is 107 cm³/mol. The summed E-state index contributed by atoms with van der Waals surface area (Å²) in [6, 6.07) is 14.7. The number of hydrogen-bond donors (Lipinski definition) is 0. The summed E-state index contributed by atoms with van der Waals surface area (Å²) in [6.07, 6.45) is 5.66. The van der Waals surface area contributed by atoms with E-state index in [1.807, 2.05) is 37.4 Å². The SMILES string of the molecule is C#Cc1ccc(C(C[S+](C)c2ccc(C)cc2)=C(F)F)cc1.O=S(=O)([O-])C(F)(F)F. The summed E-state index contributed by atoms with van der Waals surface area (Å²) in [5.41, 5.74) is -3.16. The fourth-order valence-corrected chi connectivity index (χ4v) is 3.56. The smallest absolute Gasteiger partial charge is 0.485 e. The highest BCUT2D eigenvalue weighted by atomic mass is 32.2. The zero-order valence-corrected chi connectivity index (χ0v) is 17.5. The molecule has 1 atom stereocenters. The first kappa shape index (κ1) is 25.7. The van der Waals surface area contributed by atoms with E-state index in [2.05, 4.69) is 5.92 Å². The van der Waals surface area contributed by atoms with Crippen LogP contribution in [0, 0.1) is 19.3 Å². The first-order chi connectivity index (χ1) is 13.8. The van der Waals surface area contributed by atoms with Crippen molar-refractivity contribution in [3.63, 3.8) is 0 Å². The number of rotatable bonds is 4. The summed E-state index contributed by atoms with van der Waals surface area (Å²) >= 11 is 0. The second-order valence-corrected chi connectivity index (χ2v) is 9.36. The Hall–Kier alpha value is -2.35. The van der Waals surface area contributed by atoms with E-state index in [1.54, 1.807) is 24.3 Å². The molecule has 10 heteroatoms. The minimum absolute atomic E-state index is 0.0926. The van der Waals surface area contributed by atoms with Crippen LogP contribution in [0.4, 0.5) is 22.0 Å². The topological polar surface area (TPSA) is 57.2 Å². The van der Waals surface area contributed by atoms with E-state index in [0.29, 0.717) is 16.9 Å². The van der Waals surface area contributed by atoms with Gasteiger partial charge in [-0.1, -0.05) is 35.7 Å². The molecule has 0 radical (unpaired) electrons. The normalized spacial score (nSPS) is 12.2. The van der Waals surface area contributed by atoms with Crippen LogP contribution >= 0.6 is 0 Å². The molecule has 0 aliphatic rings. The van der Waals surface area contributed by atoms with Crippen molar-refractivity contribution >= 4 is 26.6 Å². The van der Waals surface area contributed by atoms with Gasteiger partial charge < -0.3 is 4.55 Å². The molecular formula is C20H17F5O3S2. The van der Waals surface area contributed by atoms with Gasteiger partial charge in [0.25, 0.3) is 6.08 Å². The van der Waals surface area contributed by atoms with E-state index in [0.717, 1.165) is 10.5 Å². The molecule has 2 aromatic rings. The Morgan fingerprint density at radius 1 is 1.07 bits per heavy atom. The molecule has 0 saturated carbocycles. The molecule has 0 saturated heterocycles. The Kier molecular flexibility index (Phi) is 9.09. The van der Waals surface area contributed by atoms with Crippen molar-refractivity contribution in [2.45, 2.75) is 17.3 Å². The standard InChI is InChI=1S/C19H17F2S.CHF3O3S/c1-4-15-7-9-16(10-8-15)18(19(20)21)13-22(3)17-11-5-14(2)6-12-17;2-1(3,4)8(5,6)7/h1,5-12H,13H2,2-3H3;(H,5,6,7)/q+1;/p-1. The number of terminal acetylenes is 1. The van der Waals surface area contributed by atoms with Crippen molar-refractivity contribution in [2.24, 2.45) is 0 Å². The molecule has 0 heterocycles. The average molecular weight is 464 g/mol. The van der Waals surface area contributed by atoms with Gasteiger partial charge in [0.2, 0.25) is 0 Å². The maximum Gasteiger partial charge on any atom is 0.485 e. The molecule has 0 bridgehead atoms.